The van der Waals surface area contributed by atoms with Gasteiger partial charge in [-0.25, -0.2) is 4.79 Å². The fourth-order valence-electron chi connectivity index (χ4n) is 4.79. The summed E-state index contributed by atoms with van der Waals surface area (Å²) < 4.78 is 11.9. The predicted molar refractivity (Wildman–Crippen MR) is 155 cm³/mol. The number of nitrogens with one attached hydrogen (secondary N) is 1. The minimum absolute atomic E-state index is 0.0335. The SMILES string of the molecule is O=C(Cc1ccc(Oc2ccc(OC[C@H]3CCCN3C(=O)c3ccccc3)cc2)cc1)Nc1ccccc1C(=O)O. The molecule has 0 aromatic heterocycles. The van der Waals surface area contributed by atoms with Crippen molar-refractivity contribution in [3.8, 4) is 17.2 Å². The Kier molecular flexibility index (Phi) is 8.59. The fourth-order valence-corrected chi connectivity index (χ4v) is 4.79. The summed E-state index contributed by atoms with van der Waals surface area (Å²) in [7, 11) is 0. The predicted octanol–water partition coefficient (Wildman–Crippen LogP) is 6.04. The number of likely N-dealkylation sites (tertiary alicyclic amines) is 1. The van der Waals surface area contributed by atoms with Crippen LogP contribution < -0.4 is 14.8 Å². The van der Waals surface area contributed by atoms with E-state index in [1.165, 1.54) is 6.07 Å². The van der Waals surface area contributed by atoms with E-state index in [4.69, 9.17) is 9.47 Å². The molecule has 1 aliphatic rings. The van der Waals surface area contributed by atoms with Crippen LogP contribution >= 0.6 is 0 Å². The van der Waals surface area contributed by atoms with Gasteiger partial charge in [0.15, 0.2) is 0 Å². The number of carbonyl (C=O) groups is 3. The number of amides is 2. The molecule has 1 heterocycles. The number of rotatable bonds is 10. The first-order chi connectivity index (χ1) is 20.0. The van der Waals surface area contributed by atoms with Crippen LogP contribution in [0.3, 0.4) is 0 Å². The Bertz CT molecular complexity index is 1500. The molecule has 0 radical (unpaired) electrons. The molecular formula is C33H30N2O6. The molecule has 1 fully saturated rings. The van der Waals surface area contributed by atoms with Gasteiger partial charge in [0.25, 0.3) is 5.91 Å². The Morgan fingerprint density at radius 3 is 2.15 bits per heavy atom. The van der Waals surface area contributed by atoms with Crippen molar-refractivity contribution >= 4 is 23.5 Å². The van der Waals surface area contributed by atoms with E-state index in [1.54, 1.807) is 42.5 Å². The topological polar surface area (TPSA) is 105 Å². The molecule has 8 nitrogen and oxygen atoms in total. The van der Waals surface area contributed by atoms with Crippen molar-refractivity contribution in [2.24, 2.45) is 0 Å². The van der Waals surface area contributed by atoms with Gasteiger partial charge in [-0.3, -0.25) is 9.59 Å². The van der Waals surface area contributed by atoms with E-state index in [0.29, 0.717) is 29.4 Å². The maximum Gasteiger partial charge on any atom is 0.337 e. The summed E-state index contributed by atoms with van der Waals surface area (Å²) in [5.74, 6) is 0.568. The Balaban J connectivity index is 1.11. The molecule has 5 rings (SSSR count). The highest BCUT2D eigenvalue weighted by Gasteiger charge is 2.29. The number of aromatic carboxylic acids is 1. The van der Waals surface area contributed by atoms with Crippen molar-refractivity contribution in [1.29, 1.82) is 0 Å². The molecule has 0 saturated carbocycles. The number of ether oxygens (including phenoxy) is 2. The monoisotopic (exact) mass is 550 g/mol. The minimum Gasteiger partial charge on any atom is -0.491 e. The molecule has 2 N–H and O–H groups in total. The van der Waals surface area contributed by atoms with Gasteiger partial charge in [-0.15, -0.1) is 0 Å². The second-order valence-electron chi connectivity index (χ2n) is 9.76. The summed E-state index contributed by atoms with van der Waals surface area (Å²) in [5, 5.41) is 11.9. The van der Waals surface area contributed by atoms with Gasteiger partial charge in [0.05, 0.1) is 23.7 Å². The van der Waals surface area contributed by atoms with Crippen LogP contribution in [0.2, 0.25) is 0 Å². The maximum atomic E-state index is 12.9. The van der Waals surface area contributed by atoms with Gasteiger partial charge in [-0.05, 0) is 79.1 Å². The highest BCUT2D eigenvalue weighted by Crippen LogP contribution is 2.26. The Morgan fingerprint density at radius 2 is 1.44 bits per heavy atom. The summed E-state index contributed by atoms with van der Waals surface area (Å²) in [6.45, 7) is 1.16. The summed E-state index contributed by atoms with van der Waals surface area (Å²) in [5.41, 5.74) is 1.76. The molecule has 4 aromatic carbocycles. The summed E-state index contributed by atoms with van der Waals surface area (Å²) in [4.78, 5) is 38.6. The van der Waals surface area contributed by atoms with Crippen LogP contribution in [0.25, 0.3) is 0 Å². The number of carboxylic acid groups (broad SMARTS) is 1. The Morgan fingerprint density at radius 1 is 0.805 bits per heavy atom. The first kappa shape index (κ1) is 27.5. The average molecular weight is 551 g/mol. The van der Waals surface area contributed by atoms with Crippen LogP contribution in [0.4, 0.5) is 5.69 Å². The van der Waals surface area contributed by atoms with Gasteiger partial charge in [0.1, 0.15) is 23.9 Å². The van der Waals surface area contributed by atoms with E-state index in [2.05, 4.69) is 5.32 Å². The summed E-state index contributed by atoms with van der Waals surface area (Å²) in [6, 6.07) is 30.1. The van der Waals surface area contributed by atoms with Crippen LogP contribution in [0.1, 0.15) is 39.1 Å². The molecule has 0 spiro atoms. The smallest absolute Gasteiger partial charge is 0.337 e. The number of carbonyl (C=O) groups excluding carboxylic acids is 2. The van der Waals surface area contributed by atoms with Crippen molar-refractivity contribution in [3.63, 3.8) is 0 Å². The van der Waals surface area contributed by atoms with Crippen LogP contribution in [0, 0.1) is 0 Å². The molecule has 0 unspecified atom stereocenters. The summed E-state index contributed by atoms with van der Waals surface area (Å²) >= 11 is 0. The van der Waals surface area contributed by atoms with Gasteiger partial charge in [-0.1, -0.05) is 42.5 Å². The number of para-hydroxylation sites is 1. The highest BCUT2D eigenvalue weighted by molar-refractivity contribution is 6.01. The molecule has 2 amide bonds. The zero-order valence-corrected chi connectivity index (χ0v) is 22.4. The number of hydrogen-bond acceptors (Lipinski definition) is 5. The Hall–Kier alpha value is -5.11. The Labute approximate surface area is 238 Å². The fraction of sp³-hybridized carbons (Fsp3) is 0.182. The lowest BCUT2D eigenvalue weighted by Crippen LogP contribution is -2.39. The largest absolute Gasteiger partial charge is 0.491 e. The minimum atomic E-state index is -1.10. The van der Waals surface area contributed by atoms with Crippen molar-refractivity contribution in [3.05, 3.63) is 120 Å². The van der Waals surface area contributed by atoms with Crippen LogP contribution in [0.5, 0.6) is 17.2 Å². The van der Waals surface area contributed by atoms with Crippen molar-refractivity contribution < 1.29 is 29.0 Å². The molecule has 1 atom stereocenters. The van der Waals surface area contributed by atoms with Gasteiger partial charge in [0, 0.05) is 12.1 Å². The third-order valence-corrected chi connectivity index (χ3v) is 6.88. The first-order valence-electron chi connectivity index (χ1n) is 13.4. The number of nitrogens with zero attached hydrogens (tertiary/aromatic N) is 1. The normalized spacial score (nSPS) is 14.3. The number of anilines is 1. The zero-order valence-electron chi connectivity index (χ0n) is 22.4. The van der Waals surface area contributed by atoms with Gasteiger partial charge in [-0.2, -0.15) is 0 Å². The lowest BCUT2D eigenvalue weighted by atomic mass is 10.1. The molecular weight excluding hydrogens is 520 g/mol. The van der Waals surface area contributed by atoms with E-state index in [1.807, 2.05) is 59.5 Å². The average Bonchev–Trinajstić information content (AvgIpc) is 3.47. The second kappa shape index (κ2) is 12.8. The number of carboxylic acids is 1. The van der Waals surface area contributed by atoms with Crippen LogP contribution in [-0.2, 0) is 11.2 Å². The molecule has 4 aromatic rings. The lowest BCUT2D eigenvalue weighted by molar-refractivity contribution is -0.115. The third kappa shape index (κ3) is 7.10. The van der Waals surface area contributed by atoms with E-state index in [-0.39, 0.29) is 35.5 Å². The van der Waals surface area contributed by atoms with Crippen molar-refractivity contribution in [2.45, 2.75) is 25.3 Å². The first-order valence-corrected chi connectivity index (χ1v) is 13.4. The summed E-state index contributed by atoms with van der Waals surface area (Å²) in [6.07, 6.45) is 1.96. The van der Waals surface area contributed by atoms with Crippen molar-refractivity contribution in [1.82, 2.24) is 4.90 Å². The maximum absolute atomic E-state index is 12.9. The molecule has 1 aliphatic heterocycles. The molecule has 1 saturated heterocycles. The molecule has 41 heavy (non-hydrogen) atoms. The quantitative estimate of drug-likeness (QED) is 0.249. The highest BCUT2D eigenvalue weighted by atomic mass is 16.5. The van der Waals surface area contributed by atoms with E-state index >= 15 is 0 Å². The molecule has 208 valence electrons. The van der Waals surface area contributed by atoms with Gasteiger partial charge < -0.3 is 24.8 Å². The van der Waals surface area contributed by atoms with E-state index < -0.39 is 5.97 Å². The van der Waals surface area contributed by atoms with Crippen LogP contribution in [0.15, 0.2) is 103 Å². The van der Waals surface area contributed by atoms with E-state index in [9.17, 15) is 19.5 Å². The van der Waals surface area contributed by atoms with Gasteiger partial charge in [0.2, 0.25) is 5.91 Å². The number of hydrogen-bond donors (Lipinski definition) is 2. The molecule has 8 heteroatoms. The lowest BCUT2D eigenvalue weighted by Gasteiger charge is -2.25. The molecule has 0 aliphatic carbocycles. The van der Waals surface area contributed by atoms with E-state index in [0.717, 1.165) is 24.9 Å². The third-order valence-electron chi connectivity index (χ3n) is 6.88. The van der Waals surface area contributed by atoms with Crippen LogP contribution in [-0.4, -0.2) is 47.0 Å². The second-order valence-corrected chi connectivity index (χ2v) is 9.76. The van der Waals surface area contributed by atoms with Gasteiger partial charge >= 0.3 is 5.97 Å². The standard InChI is InChI=1S/C33H30N2O6/c36-31(34-30-11-5-4-10-29(30)33(38)39)21-23-12-14-27(15-13-23)41-28-18-16-26(17-19-28)40-22-25-9-6-20-35(25)32(37)24-7-2-1-3-8-24/h1-5,7-8,10-19,25H,6,9,20-22H2,(H,34,36)(H,38,39)/t25-/m1/s1. The zero-order chi connectivity index (χ0) is 28.6. The van der Waals surface area contributed by atoms with Crippen molar-refractivity contribution in [2.75, 3.05) is 18.5 Å². The number of benzene rings is 4. The molecule has 0 bridgehead atoms.